The van der Waals surface area contributed by atoms with E-state index >= 15 is 0 Å². The zero-order chi connectivity index (χ0) is 24.3. The van der Waals surface area contributed by atoms with Gasteiger partial charge in [-0.2, -0.15) is 0 Å². The molecule has 4 rings (SSSR count). The molecule has 0 N–H and O–H groups in total. The minimum Gasteiger partial charge on any atom is -0.207 e. The van der Waals surface area contributed by atoms with Gasteiger partial charge in [0.15, 0.2) is 0 Å². The highest BCUT2D eigenvalue weighted by Crippen LogP contribution is 2.47. The predicted octanol–water partition coefficient (Wildman–Crippen LogP) is 8.87. The Labute approximate surface area is 202 Å². The molecule has 0 aliphatic heterocycles. The molecule has 0 aromatic heterocycles. The second-order valence-electron chi connectivity index (χ2n) is 13.1. The fourth-order valence-electron chi connectivity index (χ4n) is 7.06. The standard InChI is InChI=1S/C32H45F/c1-19(2)26-16-21(33)17-27(20(3)4)30(26)32(8,9)18-28-22-12-10-14-24(22)29(31(5,6)7)25-15-11-13-23(25)28/h16-17,19-20H,10-15,18H2,1-9H3. The quantitative estimate of drug-likeness (QED) is 0.428. The summed E-state index contributed by atoms with van der Waals surface area (Å²) in [6.07, 6.45) is 8.59. The Morgan fingerprint density at radius 3 is 1.52 bits per heavy atom. The molecular weight excluding hydrogens is 403 g/mol. The maximum Gasteiger partial charge on any atom is 0.123 e. The summed E-state index contributed by atoms with van der Waals surface area (Å²) in [5, 5.41) is 0. The molecule has 0 unspecified atom stereocenters. The average Bonchev–Trinajstić information content (AvgIpc) is 3.35. The Balaban J connectivity index is 1.92. The summed E-state index contributed by atoms with van der Waals surface area (Å²) in [4.78, 5) is 0. The number of hydrogen-bond acceptors (Lipinski definition) is 0. The first-order valence-corrected chi connectivity index (χ1v) is 13.4. The lowest BCUT2D eigenvalue weighted by atomic mass is 9.69. The van der Waals surface area contributed by atoms with Crippen LogP contribution in [0.25, 0.3) is 0 Å². The van der Waals surface area contributed by atoms with Gasteiger partial charge in [0.25, 0.3) is 0 Å². The summed E-state index contributed by atoms with van der Waals surface area (Å²) in [6.45, 7) is 20.9. The topological polar surface area (TPSA) is 0 Å². The van der Waals surface area contributed by atoms with Gasteiger partial charge in [-0.15, -0.1) is 0 Å². The molecule has 2 aromatic rings. The van der Waals surface area contributed by atoms with Gasteiger partial charge >= 0.3 is 0 Å². The van der Waals surface area contributed by atoms with Gasteiger partial charge < -0.3 is 0 Å². The number of fused-ring (bicyclic) bond motifs is 2. The van der Waals surface area contributed by atoms with Crippen LogP contribution in [0, 0.1) is 5.82 Å². The fraction of sp³-hybridized carbons (Fsp3) is 0.625. The van der Waals surface area contributed by atoms with Gasteiger partial charge in [0.05, 0.1) is 0 Å². The highest BCUT2D eigenvalue weighted by atomic mass is 19.1. The molecule has 0 heterocycles. The van der Waals surface area contributed by atoms with Crippen molar-refractivity contribution in [1.82, 2.24) is 0 Å². The van der Waals surface area contributed by atoms with E-state index in [-0.39, 0.29) is 16.6 Å². The molecule has 33 heavy (non-hydrogen) atoms. The molecule has 1 heteroatoms. The third-order valence-corrected chi connectivity index (χ3v) is 8.22. The average molecular weight is 449 g/mol. The normalized spacial score (nSPS) is 16.1. The fourth-order valence-corrected chi connectivity index (χ4v) is 7.06. The van der Waals surface area contributed by atoms with Crippen LogP contribution in [0.3, 0.4) is 0 Å². The van der Waals surface area contributed by atoms with Crippen molar-refractivity contribution in [3.8, 4) is 0 Å². The third-order valence-electron chi connectivity index (χ3n) is 8.22. The summed E-state index contributed by atoms with van der Waals surface area (Å²) in [5.41, 5.74) is 14.0. The number of rotatable bonds is 5. The SMILES string of the molecule is CC(C)c1cc(F)cc(C(C)C)c1C(C)(C)Cc1c2c(c(C(C)(C)C)c3c1CCC3)CCC2. The Hall–Kier alpha value is -1.63. The lowest BCUT2D eigenvalue weighted by molar-refractivity contribution is 0.496. The van der Waals surface area contributed by atoms with E-state index in [1.165, 1.54) is 55.2 Å². The molecule has 0 radical (unpaired) electrons. The summed E-state index contributed by atoms with van der Waals surface area (Å²) < 4.78 is 14.7. The molecule has 180 valence electrons. The molecule has 2 aliphatic carbocycles. The van der Waals surface area contributed by atoms with Crippen LogP contribution in [-0.4, -0.2) is 0 Å². The number of benzene rings is 2. The van der Waals surface area contributed by atoms with Crippen molar-refractivity contribution in [3.05, 3.63) is 68.0 Å². The molecule has 0 saturated carbocycles. The van der Waals surface area contributed by atoms with E-state index in [9.17, 15) is 4.39 Å². The van der Waals surface area contributed by atoms with E-state index in [0.29, 0.717) is 11.8 Å². The Bertz CT molecular complexity index is 995. The molecule has 0 bridgehead atoms. The van der Waals surface area contributed by atoms with Crippen molar-refractivity contribution in [2.24, 2.45) is 0 Å². The van der Waals surface area contributed by atoms with E-state index in [1.807, 2.05) is 12.1 Å². The monoisotopic (exact) mass is 448 g/mol. The van der Waals surface area contributed by atoms with Crippen LogP contribution in [0.5, 0.6) is 0 Å². The predicted molar refractivity (Wildman–Crippen MR) is 140 cm³/mol. The molecule has 0 fully saturated rings. The first-order valence-electron chi connectivity index (χ1n) is 13.4. The van der Waals surface area contributed by atoms with Crippen molar-refractivity contribution >= 4 is 0 Å². The molecule has 2 aromatic carbocycles. The van der Waals surface area contributed by atoms with E-state index < -0.39 is 0 Å². The van der Waals surface area contributed by atoms with Gasteiger partial charge in [-0.3, -0.25) is 0 Å². The molecule has 2 aliphatic rings. The maximum atomic E-state index is 14.7. The minimum absolute atomic E-state index is 0.0388. The minimum atomic E-state index is -0.0849. The van der Waals surface area contributed by atoms with Crippen LogP contribution in [0.4, 0.5) is 4.39 Å². The molecule has 0 atom stereocenters. The van der Waals surface area contributed by atoms with Gasteiger partial charge in [0.2, 0.25) is 0 Å². The first kappa shape index (κ1) is 24.5. The van der Waals surface area contributed by atoms with Gasteiger partial charge in [-0.1, -0.05) is 62.3 Å². The van der Waals surface area contributed by atoms with Gasteiger partial charge in [-0.05, 0) is 130 Å². The van der Waals surface area contributed by atoms with Crippen molar-refractivity contribution in [2.45, 2.75) is 130 Å². The summed E-state index contributed by atoms with van der Waals surface area (Å²) in [6, 6.07) is 3.62. The highest BCUT2D eigenvalue weighted by Gasteiger charge is 2.36. The number of halogens is 1. The lowest BCUT2D eigenvalue weighted by Crippen LogP contribution is -2.28. The smallest absolute Gasteiger partial charge is 0.123 e. The van der Waals surface area contributed by atoms with Crippen molar-refractivity contribution in [3.63, 3.8) is 0 Å². The Morgan fingerprint density at radius 2 is 1.12 bits per heavy atom. The molecule has 0 amide bonds. The highest BCUT2D eigenvalue weighted by molar-refractivity contribution is 5.59. The van der Waals surface area contributed by atoms with Crippen LogP contribution in [0.2, 0.25) is 0 Å². The van der Waals surface area contributed by atoms with E-state index in [4.69, 9.17) is 0 Å². The second-order valence-corrected chi connectivity index (χ2v) is 13.1. The van der Waals surface area contributed by atoms with Gasteiger partial charge in [-0.25, -0.2) is 4.39 Å². The van der Waals surface area contributed by atoms with Crippen molar-refractivity contribution in [1.29, 1.82) is 0 Å². The van der Waals surface area contributed by atoms with Crippen LogP contribution in [-0.2, 0) is 42.9 Å². The summed E-state index contributed by atoms with van der Waals surface area (Å²) in [7, 11) is 0. The molecule has 0 nitrogen and oxygen atoms in total. The Morgan fingerprint density at radius 1 is 0.697 bits per heavy atom. The number of hydrogen-bond donors (Lipinski definition) is 0. The van der Waals surface area contributed by atoms with Crippen LogP contribution < -0.4 is 0 Å². The lowest BCUT2D eigenvalue weighted by Gasteiger charge is -2.36. The van der Waals surface area contributed by atoms with Crippen LogP contribution in [0.15, 0.2) is 12.1 Å². The van der Waals surface area contributed by atoms with Gasteiger partial charge in [0.1, 0.15) is 5.82 Å². The van der Waals surface area contributed by atoms with Crippen LogP contribution in [0.1, 0.15) is 137 Å². The maximum absolute atomic E-state index is 14.7. The zero-order valence-electron chi connectivity index (χ0n) is 22.6. The van der Waals surface area contributed by atoms with E-state index in [1.54, 1.807) is 33.4 Å². The van der Waals surface area contributed by atoms with Crippen molar-refractivity contribution in [2.75, 3.05) is 0 Å². The molecule has 0 saturated heterocycles. The van der Waals surface area contributed by atoms with Crippen molar-refractivity contribution < 1.29 is 4.39 Å². The molecular formula is C32H45F. The largest absolute Gasteiger partial charge is 0.207 e. The van der Waals surface area contributed by atoms with E-state index in [2.05, 4.69) is 62.3 Å². The van der Waals surface area contributed by atoms with Crippen LogP contribution >= 0.6 is 0 Å². The molecule has 0 spiro atoms. The second kappa shape index (κ2) is 8.54. The Kier molecular flexibility index (Phi) is 6.34. The van der Waals surface area contributed by atoms with Gasteiger partial charge in [0, 0.05) is 0 Å². The first-order chi connectivity index (χ1) is 15.3. The zero-order valence-corrected chi connectivity index (χ0v) is 22.6. The van der Waals surface area contributed by atoms with E-state index in [0.717, 1.165) is 6.42 Å². The summed E-state index contributed by atoms with van der Waals surface area (Å²) >= 11 is 0. The summed E-state index contributed by atoms with van der Waals surface area (Å²) in [5.74, 6) is 0.539. The third kappa shape index (κ3) is 4.30.